The molecule has 0 saturated carbocycles. The predicted octanol–water partition coefficient (Wildman–Crippen LogP) is 2.57. The molecule has 2 heteroatoms. The molecule has 0 aromatic heterocycles. The van der Waals surface area contributed by atoms with E-state index in [9.17, 15) is 0 Å². The van der Waals surface area contributed by atoms with Crippen molar-refractivity contribution in [2.45, 2.75) is 6.42 Å². The normalized spacial score (nSPS) is 10.6. The molecule has 7 heavy (non-hydrogen) atoms. The highest BCUT2D eigenvalue weighted by molar-refractivity contribution is 9.09. The Hall–Kier alpha value is 0.510. The Morgan fingerprint density at radius 2 is 2.14 bits per heavy atom. The topological polar surface area (TPSA) is 0 Å². The van der Waals surface area contributed by atoms with E-state index < -0.39 is 0 Å². The van der Waals surface area contributed by atoms with Crippen LogP contribution in [0.1, 0.15) is 6.42 Å². The molecule has 0 N–H and O–H groups in total. The van der Waals surface area contributed by atoms with Gasteiger partial charge >= 0.3 is 0 Å². The first-order valence-corrected chi connectivity index (χ1v) is 3.84. The van der Waals surface area contributed by atoms with Gasteiger partial charge in [-0.25, -0.2) is 0 Å². The predicted molar refractivity (Wildman–Crippen MR) is 38.3 cm³/mol. The zero-order valence-electron chi connectivity index (χ0n) is 4.03. The van der Waals surface area contributed by atoms with Gasteiger partial charge < -0.3 is 0 Å². The smallest absolute Gasteiger partial charge is 0.0404 e. The molecule has 0 amide bonds. The number of halogens is 2. The van der Waals surface area contributed by atoms with Gasteiger partial charge in [-0.1, -0.05) is 28.1 Å². The van der Waals surface area contributed by atoms with E-state index in [1.807, 2.05) is 6.08 Å². The summed E-state index contributed by atoms with van der Waals surface area (Å²) in [7, 11) is 0. The molecule has 0 unspecified atom stereocenters. The lowest BCUT2D eigenvalue weighted by Crippen LogP contribution is -1.65. The summed E-state index contributed by atoms with van der Waals surface area (Å²) in [5, 5.41) is 1.03. The van der Waals surface area contributed by atoms with Crippen molar-refractivity contribution in [2.75, 3.05) is 11.2 Å². The van der Waals surface area contributed by atoms with Crippen molar-refractivity contribution in [3.63, 3.8) is 0 Å². The first kappa shape index (κ1) is 7.51. The van der Waals surface area contributed by atoms with Crippen LogP contribution in [0.15, 0.2) is 12.2 Å². The number of hydrogen-bond acceptors (Lipinski definition) is 0. The highest BCUT2D eigenvalue weighted by Crippen LogP contribution is 1.89. The van der Waals surface area contributed by atoms with Gasteiger partial charge in [0.1, 0.15) is 0 Å². The average Bonchev–Trinajstić information content (AvgIpc) is 1.69. The van der Waals surface area contributed by atoms with Crippen molar-refractivity contribution in [3.8, 4) is 0 Å². The Labute approximate surface area is 57.7 Å². The van der Waals surface area contributed by atoms with Crippen LogP contribution >= 0.6 is 27.5 Å². The first-order chi connectivity index (χ1) is 3.41. The summed E-state index contributed by atoms with van der Waals surface area (Å²) in [6.07, 6.45) is 5.08. The van der Waals surface area contributed by atoms with Crippen molar-refractivity contribution in [1.29, 1.82) is 0 Å². The molecule has 0 aromatic carbocycles. The van der Waals surface area contributed by atoms with Crippen LogP contribution in [0.3, 0.4) is 0 Å². The van der Waals surface area contributed by atoms with Gasteiger partial charge in [-0.2, -0.15) is 0 Å². The maximum Gasteiger partial charge on any atom is 0.0404 e. The van der Waals surface area contributed by atoms with Crippen LogP contribution in [0.2, 0.25) is 0 Å². The minimum Gasteiger partial charge on any atom is -0.122 e. The third-order valence-electron chi connectivity index (χ3n) is 0.532. The molecular formula is C5H8BrCl. The van der Waals surface area contributed by atoms with E-state index in [0.29, 0.717) is 5.88 Å². The Morgan fingerprint density at radius 3 is 2.57 bits per heavy atom. The molecule has 0 aliphatic heterocycles. The number of alkyl halides is 2. The van der Waals surface area contributed by atoms with Gasteiger partial charge in [-0.05, 0) is 6.42 Å². The Kier molecular flexibility index (Phi) is 6.98. The molecule has 0 atom stereocenters. The lowest BCUT2D eigenvalue weighted by Gasteiger charge is -1.77. The minimum absolute atomic E-state index is 0.632. The van der Waals surface area contributed by atoms with Crippen molar-refractivity contribution < 1.29 is 0 Å². The SMILES string of the molecule is ClCC=CCCBr. The van der Waals surface area contributed by atoms with Crippen molar-refractivity contribution in [2.24, 2.45) is 0 Å². The first-order valence-electron chi connectivity index (χ1n) is 2.18. The van der Waals surface area contributed by atoms with E-state index in [1.165, 1.54) is 0 Å². The van der Waals surface area contributed by atoms with Crippen molar-refractivity contribution >= 4 is 27.5 Å². The number of rotatable bonds is 3. The van der Waals surface area contributed by atoms with E-state index in [0.717, 1.165) is 11.8 Å². The van der Waals surface area contributed by atoms with Crippen LogP contribution in [0.25, 0.3) is 0 Å². The summed E-state index contributed by atoms with van der Waals surface area (Å²) in [6, 6.07) is 0. The fraction of sp³-hybridized carbons (Fsp3) is 0.600. The van der Waals surface area contributed by atoms with Gasteiger partial charge in [-0.15, -0.1) is 11.6 Å². The van der Waals surface area contributed by atoms with E-state index in [4.69, 9.17) is 11.6 Å². The molecule has 0 nitrogen and oxygen atoms in total. The van der Waals surface area contributed by atoms with E-state index in [-0.39, 0.29) is 0 Å². The maximum absolute atomic E-state index is 5.34. The lowest BCUT2D eigenvalue weighted by atomic mass is 10.4. The van der Waals surface area contributed by atoms with Gasteiger partial charge in [0.05, 0.1) is 0 Å². The van der Waals surface area contributed by atoms with Crippen LogP contribution in [0.4, 0.5) is 0 Å². The van der Waals surface area contributed by atoms with Gasteiger partial charge in [0.15, 0.2) is 0 Å². The van der Waals surface area contributed by atoms with E-state index in [1.54, 1.807) is 0 Å². The number of hydrogen-bond donors (Lipinski definition) is 0. The third kappa shape index (κ3) is 6.51. The van der Waals surface area contributed by atoms with Crippen molar-refractivity contribution in [3.05, 3.63) is 12.2 Å². The quantitative estimate of drug-likeness (QED) is 0.466. The van der Waals surface area contributed by atoms with Crippen LogP contribution in [-0.2, 0) is 0 Å². The minimum atomic E-state index is 0.632. The molecule has 0 radical (unpaired) electrons. The fourth-order valence-corrected chi connectivity index (χ4v) is 0.634. The summed E-state index contributed by atoms with van der Waals surface area (Å²) in [4.78, 5) is 0. The Balaban J connectivity index is 2.78. The second-order valence-corrected chi connectivity index (χ2v) is 2.20. The van der Waals surface area contributed by atoms with Crippen molar-refractivity contribution in [1.82, 2.24) is 0 Å². The average molecular weight is 183 g/mol. The summed E-state index contributed by atoms with van der Waals surface area (Å²) < 4.78 is 0. The van der Waals surface area contributed by atoms with Crippen LogP contribution < -0.4 is 0 Å². The summed E-state index contributed by atoms with van der Waals surface area (Å²) in [5.41, 5.74) is 0. The summed E-state index contributed by atoms with van der Waals surface area (Å²) in [5.74, 6) is 0.632. The largest absolute Gasteiger partial charge is 0.122 e. The number of allylic oxidation sites excluding steroid dienone is 2. The molecule has 0 aliphatic rings. The zero-order chi connectivity index (χ0) is 5.54. The molecule has 0 aliphatic carbocycles. The Morgan fingerprint density at radius 1 is 1.43 bits per heavy atom. The second-order valence-electron chi connectivity index (χ2n) is 1.10. The molecule has 0 fully saturated rings. The molecule has 42 valence electrons. The third-order valence-corrected chi connectivity index (χ3v) is 1.17. The summed E-state index contributed by atoms with van der Waals surface area (Å²) in [6.45, 7) is 0. The van der Waals surface area contributed by atoms with Crippen LogP contribution in [-0.4, -0.2) is 11.2 Å². The molecule has 0 heterocycles. The zero-order valence-corrected chi connectivity index (χ0v) is 6.37. The maximum atomic E-state index is 5.34. The fourth-order valence-electron chi connectivity index (χ4n) is 0.244. The van der Waals surface area contributed by atoms with Gasteiger partial charge in [0.2, 0.25) is 0 Å². The van der Waals surface area contributed by atoms with Gasteiger partial charge in [0.25, 0.3) is 0 Å². The lowest BCUT2D eigenvalue weighted by molar-refractivity contribution is 1.25. The van der Waals surface area contributed by atoms with Crippen LogP contribution in [0, 0.1) is 0 Å². The van der Waals surface area contributed by atoms with Gasteiger partial charge in [0, 0.05) is 11.2 Å². The van der Waals surface area contributed by atoms with Gasteiger partial charge in [-0.3, -0.25) is 0 Å². The molecule has 0 spiro atoms. The molecule has 0 aromatic rings. The standard InChI is InChI=1S/C5H8BrCl/c6-4-2-1-3-5-7/h1,3H,2,4-5H2. The highest BCUT2D eigenvalue weighted by atomic mass is 79.9. The molecule has 0 saturated heterocycles. The molecule has 0 rings (SSSR count). The molecule has 0 bridgehead atoms. The second kappa shape index (κ2) is 6.51. The Bertz CT molecular complexity index is 52.0. The van der Waals surface area contributed by atoms with E-state index in [2.05, 4.69) is 22.0 Å². The van der Waals surface area contributed by atoms with Crippen LogP contribution in [0.5, 0.6) is 0 Å². The van der Waals surface area contributed by atoms with E-state index >= 15 is 0 Å². The highest BCUT2D eigenvalue weighted by Gasteiger charge is 1.70. The molecular weight excluding hydrogens is 175 g/mol. The summed E-state index contributed by atoms with van der Waals surface area (Å²) >= 11 is 8.62. The monoisotopic (exact) mass is 182 g/mol.